The van der Waals surface area contributed by atoms with E-state index in [-0.39, 0.29) is 0 Å². The number of hydrogen-bond donors (Lipinski definition) is 1. The van der Waals surface area contributed by atoms with Gasteiger partial charge in [0.25, 0.3) is 0 Å². The Labute approximate surface area is 109 Å². The maximum atomic E-state index is 5.80. The fraction of sp³-hybridized carbons (Fsp3) is 0.571. The van der Waals surface area contributed by atoms with Gasteiger partial charge in [0, 0.05) is 31.9 Å². The number of hydrogen-bond acceptors (Lipinski definition) is 4. The van der Waals surface area contributed by atoms with E-state index in [0.717, 1.165) is 45.1 Å². The van der Waals surface area contributed by atoms with Crippen molar-refractivity contribution >= 4 is 5.69 Å². The number of rotatable bonds is 6. The Balaban J connectivity index is 1.68. The second-order valence-corrected chi connectivity index (χ2v) is 5.15. The monoisotopic (exact) mass is 249 g/mol. The summed E-state index contributed by atoms with van der Waals surface area (Å²) in [6.07, 6.45) is 0. The average Bonchev–Trinajstić information content (AvgIpc) is 2.70. The molecule has 4 heteroatoms. The molecule has 0 aromatic heterocycles. The highest BCUT2D eigenvalue weighted by atomic mass is 16.5. The molecule has 0 saturated carbocycles. The zero-order chi connectivity index (χ0) is 13.0. The van der Waals surface area contributed by atoms with E-state index >= 15 is 0 Å². The maximum Gasteiger partial charge on any atom is 0.0594 e. The summed E-state index contributed by atoms with van der Waals surface area (Å²) >= 11 is 0. The second kappa shape index (κ2) is 6.18. The molecule has 2 rings (SSSR count). The van der Waals surface area contributed by atoms with Crippen LogP contribution in [-0.2, 0) is 17.8 Å². The Hall–Kier alpha value is -1.10. The van der Waals surface area contributed by atoms with Gasteiger partial charge in [-0.25, -0.2) is 0 Å². The SMILES string of the molecule is CN(C)CCOCCN1Cc2ccc(N)cc2C1. The first-order valence-electron chi connectivity index (χ1n) is 6.47. The summed E-state index contributed by atoms with van der Waals surface area (Å²) < 4.78 is 5.62. The van der Waals surface area contributed by atoms with E-state index in [1.807, 2.05) is 6.07 Å². The normalized spacial score (nSPS) is 15.3. The number of likely N-dealkylation sites (N-methyl/N-ethyl adjacent to an activating group) is 1. The lowest BCUT2D eigenvalue weighted by Crippen LogP contribution is -2.24. The van der Waals surface area contributed by atoms with Gasteiger partial charge >= 0.3 is 0 Å². The number of nitrogen functional groups attached to an aromatic ring is 1. The van der Waals surface area contributed by atoms with Crippen molar-refractivity contribution in [2.45, 2.75) is 13.1 Å². The molecule has 4 nitrogen and oxygen atoms in total. The quantitative estimate of drug-likeness (QED) is 0.607. The molecule has 0 radical (unpaired) electrons. The van der Waals surface area contributed by atoms with Crippen LogP contribution in [0, 0.1) is 0 Å². The minimum atomic E-state index is 0.803. The van der Waals surface area contributed by atoms with Crippen LogP contribution >= 0.6 is 0 Å². The first-order chi connectivity index (χ1) is 8.65. The summed E-state index contributed by atoms with van der Waals surface area (Å²) in [5.74, 6) is 0. The maximum absolute atomic E-state index is 5.80. The van der Waals surface area contributed by atoms with E-state index in [0.29, 0.717) is 0 Å². The average molecular weight is 249 g/mol. The van der Waals surface area contributed by atoms with Crippen LogP contribution in [0.4, 0.5) is 5.69 Å². The minimum absolute atomic E-state index is 0.803. The number of nitrogens with two attached hydrogens (primary N) is 1. The molecule has 0 amide bonds. The molecule has 2 N–H and O–H groups in total. The molecule has 100 valence electrons. The summed E-state index contributed by atoms with van der Waals surface area (Å²) in [6.45, 7) is 5.60. The Morgan fingerprint density at radius 1 is 1.22 bits per heavy atom. The largest absolute Gasteiger partial charge is 0.399 e. The summed E-state index contributed by atoms with van der Waals surface area (Å²) in [7, 11) is 4.12. The molecule has 1 heterocycles. The van der Waals surface area contributed by atoms with Gasteiger partial charge in [0.05, 0.1) is 13.2 Å². The Kier molecular flexibility index (Phi) is 4.58. The standard InChI is InChI=1S/C14H23N3O/c1-16(2)5-7-18-8-6-17-10-12-3-4-14(15)9-13(12)11-17/h3-4,9H,5-8,10-11,15H2,1-2H3. The predicted molar refractivity (Wildman–Crippen MR) is 74.3 cm³/mol. The number of ether oxygens (including phenoxy) is 1. The van der Waals surface area contributed by atoms with Gasteiger partial charge in [-0.3, -0.25) is 4.90 Å². The van der Waals surface area contributed by atoms with Gasteiger partial charge in [0.15, 0.2) is 0 Å². The van der Waals surface area contributed by atoms with Gasteiger partial charge in [0.2, 0.25) is 0 Å². The summed E-state index contributed by atoms with van der Waals surface area (Å²) in [4.78, 5) is 4.54. The molecule has 0 fully saturated rings. The summed E-state index contributed by atoms with van der Waals surface area (Å²) in [5.41, 5.74) is 9.42. The van der Waals surface area contributed by atoms with E-state index in [9.17, 15) is 0 Å². The number of nitrogens with zero attached hydrogens (tertiary/aromatic N) is 2. The Bertz CT molecular complexity index is 393. The van der Waals surface area contributed by atoms with Crippen LogP contribution in [0.3, 0.4) is 0 Å². The zero-order valence-corrected chi connectivity index (χ0v) is 11.4. The molecule has 0 bridgehead atoms. The lowest BCUT2D eigenvalue weighted by Gasteiger charge is -2.15. The molecule has 0 saturated heterocycles. The molecule has 1 aliphatic rings. The van der Waals surface area contributed by atoms with Gasteiger partial charge in [-0.15, -0.1) is 0 Å². The van der Waals surface area contributed by atoms with Gasteiger partial charge in [0.1, 0.15) is 0 Å². The van der Waals surface area contributed by atoms with E-state index in [2.05, 4.69) is 36.0 Å². The van der Waals surface area contributed by atoms with Crippen LogP contribution in [0.5, 0.6) is 0 Å². The van der Waals surface area contributed by atoms with Gasteiger partial charge in [-0.05, 0) is 37.4 Å². The molecule has 1 aliphatic heterocycles. The van der Waals surface area contributed by atoms with Crippen molar-refractivity contribution in [2.24, 2.45) is 0 Å². The lowest BCUT2D eigenvalue weighted by atomic mass is 10.1. The Morgan fingerprint density at radius 2 is 2.00 bits per heavy atom. The van der Waals surface area contributed by atoms with Crippen molar-refractivity contribution in [3.05, 3.63) is 29.3 Å². The molecular formula is C14H23N3O. The van der Waals surface area contributed by atoms with Crippen LogP contribution in [0.2, 0.25) is 0 Å². The zero-order valence-electron chi connectivity index (χ0n) is 11.4. The van der Waals surface area contributed by atoms with E-state index in [4.69, 9.17) is 10.5 Å². The van der Waals surface area contributed by atoms with Crippen molar-refractivity contribution in [3.63, 3.8) is 0 Å². The molecular weight excluding hydrogens is 226 g/mol. The van der Waals surface area contributed by atoms with Crippen LogP contribution in [0.25, 0.3) is 0 Å². The van der Waals surface area contributed by atoms with Crippen molar-refractivity contribution in [1.82, 2.24) is 9.80 Å². The highest BCUT2D eigenvalue weighted by Crippen LogP contribution is 2.24. The van der Waals surface area contributed by atoms with Crippen molar-refractivity contribution < 1.29 is 4.74 Å². The fourth-order valence-corrected chi connectivity index (χ4v) is 2.19. The van der Waals surface area contributed by atoms with Gasteiger partial charge in [-0.2, -0.15) is 0 Å². The molecule has 0 unspecified atom stereocenters. The van der Waals surface area contributed by atoms with E-state index < -0.39 is 0 Å². The lowest BCUT2D eigenvalue weighted by molar-refractivity contribution is 0.0918. The van der Waals surface area contributed by atoms with Crippen LogP contribution in [0.15, 0.2) is 18.2 Å². The predicted octanol–water partition coefficient (Wildman–Crippen LogP) is 1.16. The van der Waals surface area contributed by atoms with E-state index in [1.54, 1.807) is 0 Å². The molecule has 0 spiro atoms. The number of anilines is 1. The molecule has 0 atom stereocenters. The van der Waals surface area contributed by atoms with Gasteiger partial charge < -0.3 is 15.4 Å². The topological polar surface area (TPSA) is 41.7 Å². The van der Waals surface area contributed by atoms with Crippen molar-refractivity contribution in [1.29, 1.82) is 0 Å². The molecule has 18 heavy (non-hydrogen) atoms. The smallest absolute Gasteiger partial charge is 0.0594 e. The minimum Gasteiger partial charge on any atom is -0.399 e. The highest BCUT2D eigenvalue weighted by Gasteiger charge is 2.18. The fourth-order valence-electron chi connectivity index (χ4n) is 2.19. The molecule has 0 aliphatic carbocycles. The van der Waals surface area contributed by atoms with Crippen molar-refractivity contribution in [3.8, 4) is 0 Å². The number of fused-ring (bicyclic) bond motifs is 1. The van der Waals surface area contributed by atoms with Gasteiger partial charge in [-0.1, -0.05) is 6.07 Å². The Morgan fingerprint density at radius 3 is 2.78 bits per heavy atom. The third-order valence-corrected chi connectivity index (χ3v) is 3.25. The summed E-state index contributed by atoms with van der Waals surface area (Å²) in [6, 6.07) is 6.20. The number of benzene rings is 1. The van der Waals surface area contributed by atoms with Crippen LogP contribution in [0.1, 0.15) is 11.1 Å². The van der Waals surface area contributed by atoms with Crippen molar-refractivity contribution in [2.75, 3.05) is 46.1 Å². The third-order valence-electron chi connectivity index (χ3n) is 3.25. The van der Waals surface area contributed by atoms with Crippen LogP contribution < -0.4 is 5.73 Å². The first-order valence-corrected chi connectivity index (χ1v) is 6.47. The first kappa shape index (κ1) is 13.3. The third kappa shape index (κ3) is 3.70. The van der Waals surface area contributed by atoms with E-state index in [1.165, 1.54) is 11.1 Å². The summed E-state index contributed by atoms with van der Waals surface area (Å²) in [5, 5.41) is 0. The second-order valence-electron chi connectivity index (χ2n) is 5.15. The van der Waals surface area contributed by atoms with Crippen LogP contribution in [-0.4, -0.2) is 50.2 Å². The molecule has 1 aromatic carbocycles. The molecule has 1 aromatic rings. The highest BCUT2D eigenvalue weighted by molar-refractivity contribution is 5.46.